The van der Waals surface area contributed by atoms with E-state index in [9.17, 15) is 0 Å². The lowest BCUT2D eigenvalue weighted by Crippen LogP contribution is -2.07. The van der Waals surface area contributed by atoms with Crippen molar-refractivity contribution in [2.75, 3.05) is 6.61 Å². The molecule has 0 bridgehead atoms. The van der Waals surface area contributed by atoms with Gasteiger partial charge < -0.3 is 4.74 Å². The Morgan fingerprint density at radius 1 is 1.21 bits per heavy atom. The molecule has 0 aliphatic carbocycles. The second-order valence-electron chi connectivity index (χ2n) is 3.66. The van der Waals surface area contributed by atoms with Crippen LogP contribution < -0.4 is 0 Å². The number of rotatable bonds is 1. The summed E-state index contributed by atoms with van der Waals surface area (Å²) in [5.41, 5.74) is 2.61. The van der Waals surface area contributed by atoms with E-state index >= 15 is 0 Å². The van der Waals surface area contributed by atoms with E-state index in [0.717, 1.165) is 30.9 Å². The van der Waals surface area contributed by atoms with E-state index in [-0.39, 0.29) is 0 Å². The van der Waals surface area contributed by atoms with E-state index in [1.54, 1.807) is 17.7 Å². The van der Waals surface area contributed by atoms with Gasteiger partial charge in [0.2, 0.25) is 0 Å². The Morgan fingerprint density at radius 3 is 2.63 bits per heavy atom. The molecule has 3 rings (SSSR count). The van der Waals surface area contributed by atoms with Gasteiger partial charge in [0.05, 0.1) is 18.9 Å². The van der Waals surface area contributed by atoms with Gasteiger partial charge in [0.25, 0.3) is 0 Å². The Morgan fingerprint density at radius 2 is 1.95 bits per heavy atom. The fourth-order valence-corrected chi connectivity index (χ4v) is 3.24. The largest absolute Gasteiger partial charge is 0.376 e. The van der Waals surface area contributed by atoms with Crippen molar-refractivity contribution in [3.63, 3.8) is 0 Å². The Hall–Kier alpha value is -1.00. The number of aromatic nitrogens is 2. The van der Waals surface area contributed by atoms with E-state index in [0.29, 0.717) is 0 Å². The van der Waals surface area contributed by atoms with Crippen LogP contribution in [-0.4, -0.2) is 16.6 Å². The molecule has 3 heterocycles. The van der Waals surface area contributed by atoms with E-state index in [1.165, 1.54) is 21.5 Å². The van der Waals surface area contributed by atoms with Gasteiger partial charge in [-0.05, 0) is 18.4 Å². The molecule has 1 aliphatic rings. The quantitative estimate of drug-likeness (QED) is 0.777. The van der Waals surface area contributed by atoms with Crippen LogP contribution in [0.2, 0.25) is 0 Å². The lowest BCUT2D eigenvalue weighted by Gasteiger charge is -2.12. The van der Waals surface area contributed by atoms with E-state index in [4.69, 9.17) is 4.74 Å². The molecule has 0 saturated carbocycles. The molecule has 0 atom stereocenters. The van der Waals surface area contributed by atoms with Crippen LogP contribution in [0.1, 0.15) is 50.8 Å². The average molecular weight is 280 g/mol. The lowest BCUT2D eigenvalue weighted by atomic mass is 10.1. The fraction of sp³-hybridized carbons (Fsp3) is 0.600. The predicted molar refractivity (Wildman–Crippen MR) is 82.8 cm³/mol. The molecular formula is C15H24N2OS. The zero-order valence-corrected chi connectivity index (χ0v) is 13.4. The molecule has 0 spiro atoms. The number of hydrogen-bond donors (Lipinski definition) is 0. The van der Waals surface area contributed by atoms with Gasteiger partial charge in [-0.2, -0.15) is 0 Å². The highest BCUT2D eigenvalue weighted by molar-refractivity contribution is 7.18. The van der Waals surface area contributed by atoms with Crippen molar-refractivity contribution in [3.8, 4) is 0 Å². The molecule has 2 aromatic heterocycles. The normalized spacial score (nSPS) is 12.9. The third-order valence-electron chi connectivity index (χ3n) is 2.81. The van der Waals surface area contributed by atoms with Crippen molar-refractivity contribution >= 4 is 21.6 Å². The molecule has 0 radical (unpaired) electrons. The van der Waals surface area contributed by atoms with E-state index in [1.807, 2.05) is 27.7 Å². The molecule has 4 heteroatoms. The fourth-order valence-electron chi connectivity index (χ4n) is 2.09. The SMILES string of the molecule is CC.CC.CCc1ncnc2sc3c(c12)CCOC3. The Labute approximate surface area is 120 Å². The number of hydrogen-bond acceptors (Lipinski definition) is 4. The van der Waals surface area contributed by atoms with Crippen molar-refractivity contribution in [3.05, 3.63) is 22.5 Å². The smallest absolute Gasteiger partial charge is 0.127 e. The number of thiophene rings is 1. The highest BCUT2D eigenvalue weighted by atomic mass is 32.1. The summed E-state index contributed by atoms with van der Waals surface area (Å²) in [6, 6.07) is 0. The summed E-state index contributed by atoms with van der Waals surface area (Å²) in [7, 11) is 0. The summed E-state index contributed by atoms with van der Waals surface area (Å²) in [5, 5.41) is 1.29. The van der Waals surface area contributed by atoms with Crippen molar-refractivity contribution in [1.82, 2.24) is 9.97 Å². The van der Waals surface area contributed by atoms with Gasteiger partial charge in [0.15, 0.2) is 0 Å². The van der Waals surface area contributed by atoms with Gasteiger partial charge in [-0.1, -0.05) is 34.6 Å². The van der Waals surface area contributed by atoms with Gasteiger partial charge in [0.1, 0.15) is 11.2 Å². The standard InChI is InChI=1S/C11H12N2OS.2C2H6/c1-2-8-10-7-3-4-14-5-9(7)15-11(10)13-6-12-8;2*1-2/h6H,2-5H2,1H3;2*1-2H3. The minimum absolute atomic E-state index is 0.750. The predicted octanol–water partition coefficient (Wildman–Crippen LogP) is 4.38. The van der Waals surface area contributed by atoms with Crippen LogP contribution in [0.25, 0.3) is 10.2 Å². The summed E-state index contributed by atoms with van der Waals surface area (Å²) >= 11 is 1.75. The summed E-state index contributed by atoms with van der Waals surface area (Å²) < 4.78 is 5.46. The first kappa shape index (κ1) is 16.1. The molecule has 1 aliphatic heterocycles. The van der Waals surface area contributed by atoms with Gasteiger partial charge in [-0.25, -0.2) is 9.97 Å². The molecule has 3 nitrogen and oxygen atoms in total. The lowest BCUT2D eigenvalue weighted by molar-refractivity contribution is 0.114. The first-order chi connectivity index (χ1) is 9.40. The van der Waals surface area contributed by atoms with Crippen LogP contribution in [0.4, 0.5) is 0 Å². The molecule has 0 fully saturated rings. The van der Waals surface area contributed by atoms with Gasteiger partial charge >= 0.3 is 0 Å². The van der Waals surface area contributed by atoms with Crippen LogP contribution in [0.5, 0.6) is 0 Å². The van der Waals surface area contributed by atoms with Gasteiger partial charge in [0, 0.05) is 10.3 Å². The van der Waals surface area contributed by atoms with Crippen LogP contribution in [0.3, 0.4) is 0 Å². The number of aryl methyl sites for hydroxylation is 1. The maximum atomic E-state index is 5.46. The van der Waals surface area contributed by atoms with E-state index in [2.05, 4.69) is 16.9 Å². The summed E-state index contributed by atoms with van der Waals surface area (Å²) in [5.74, 6) is 0. The molecule has 0 unspecified atom stereocenters. The maximum Gasteiger partial charge on any atom is 0.127 e. The summed E-state index contributed by atoms with van der Waals surface area (Å²) in [6.07, 6.45) is 3.66. The summed E-state index contributed by atoms with van der Waals surface area (Å²) in [6.45, 7) is 11.7. The Balaban J connectivity index is 0.000000415. The van der Waals surface area contributed by atoms with Crippen molar-refractivity contribution in [1.29, 1.82) is 0 Å². The molecular weight excluding hydrogens is 256 g/mol. The van der Waals surface area contributed by atoms with E-state index < -0.39 is 0 Å². The monoisotopic (exact) mass is 280 g/mol. The number of fused-ring (bicyclic) bond motifs is 3. The number of nitrogens with zero attached hydrogens (tertiary/aromatic N) is 2. The third-order valence-corrected chi connectivity index (χ3v) is 3.93. The molecule has 19 heavy (non-hydrogen) atoms. The second kappa shape index (κ2) is 8.23. The van der Waals surface area contributed by atoms with Crippen LogP contribution in [0.15, 0.2) is 6.33 Å². The van der Waals surface area contributed by atoms with Crippen LogP contribution in [0, 0.1) is 0 Å². The first-order valence-corrected chi connectivity index (χ1v) is 8.03. The average Bonchev–Trinajstić information content (AvgIpc) is 2.90. The molecule has 0 amide bonds. The highest BCUT2D eigenvalue weighted by Crippen LogP contribution is 2.34. The van der Waals surface area contributed by atoms with Gasteiger partial charge in [-0.3, -0.25) is 0 Å². The second-order valence-corrected chi connectivity index (χ2v) is 4.74. The van der Waals surface area contributed by atoms with Crippen molar-refractivity contribution in [2.45, 2.75) is 54.1 Å². The molecule has 2 aromatic rings. The zero-order chi connectivity index (χ0) is 14.3. The minimum Gasteiger partial charge on any atom is -0.376 e. The number of ether oxygens (including phenoxy) is 1. The molecule has 0 N–H and O–H groups in total. The molecule has 0 saturated heterocycles. The first-order valence-electron chi connectivity index (χ1n) is 7.22. The van der Waals surface area contributed by atoms with Crippen LogP contribution in [-0.2, 0) is 24.2 Å². The highest BCUT2D eigenvalue weighted by Gasteiger charge is 2.19. The van der Waals surface area contributed by atoms with Crippen molar-refractivity contribution < 1.29 is 4.74 Å². The topological polar surface area (TPSA) is 35.0 Å². The minimum atomic E-state index is 0.750. The Bertz CT molecular complexity index is 508. The maximum absolute atomic E-state index is 5.46. The third kappa shape index (κ3) is 3.31. The Kier molecular flexibility index (Phi) is 6.95. The summed E-state index contributed by atoms with van der Waals surface area (Å²) in [4.78, 5) is 11.2. The van der Waals surface area contributed by atoms with Crippen molar-refractivity contribution in [2.24, 2.45) is 0 Å². The zero-order valence-electron chi connectivity index (χ0n) is 12.6. The molecule has 0 aromatic carbocycles. The van der Waals surface area contributed by atoms with Crippen LogP contribution >= 0.6 is 11.3 Å². The molecule has 106 valence electrons. The van der Waals surface area contributed by atoms with Gasteiger partial charge in [-0.15, -0.1) is 11.3 Å².